The summed E-state index contributed by atoms with van der Waals surface area (Å²) in [6.07, 6.45) is -0.185. The third kappa shape index (κ3) is 6.20. The number of hydrogen-bond acceptors (Lipinski definition) is 4. The molecule has 0 aromatic heterocycles. The second kappa shape index (κ2) is 10.7. The SMILES string of the molecule is COc1c(C(C)(C)C)cc(C(c2cc(C(C)(C)C)c(OC)c(C(C)(C)C)c2)[C@H]2NCC(=O)N2C)cc1C(C)(C)C. The lowest BCUT2D eigenvalue weighted by molar-refractivity contribution is -0.126. The molecule has 1 N–H and O–H groups in total. The molecule has 222 valence electrons. The van der Waals surface area contributed by atoms with E-state index in [0.717, 1.165) is 11.5 Å². The Balaban J connectivity index is 2.51. The molecule has 0 radical (unpaired) electrons. The first-order valence-electron chi connectivity index (χ1n) is 14.6. The van der Waals surface area contributed by atoms with Gasteiger partial charge in [-0.15, -0.1) is 0 Å². The van der Waals surface area contributed by atoms with E-state index < -0.39 is 0 Å². The molecule has 1 saturated heterocycles. The number of likely N-dealkylation sites (N-methyl/N-ethyl adjacent to an activating group) is 1. The molecule has 2 aromatic carbocycles. The zero-order valence-electron chi connectivity index (χ0n) is 27.8. The molecule has 3 rings (SSSR count). The average molecular weight is 551 g/mol. The van der Waals surface area contributed by atoms with Crippen molar-refractivity contribution < 1.29 is 14.3 Å². The van der Waals surface area contributed by atoms with Crippen molar-refractivity contribution in [3.8, 4) is 11.5 Å². The number of hydrogen-bond donors (Lipinski definition) is 1. The standard InChI is InChI=1S/C35H54N2O3/c1-32(2,3)23-16-21(17-24(29(23)39-14)33(4,5)6)28(31-36-20-27(38)37(31)13)22-18-25(34(7,8)9)30(40-15)26(19-22)35(10,11)12/h16-19,28,31,36H,20H2,1-15H3/t31-/m0/s1. The van der Waals surface area contributed by atoms with Gasteiger partial charge in [-0.1, -0.05) is 107 Å². The fourth-order valence-electron chi connectivity index (χ4n) is 5.84. The van der Waals surface area contributed by atoms with Crippen molar-refractivity contribution in [2.75, 3.05) is 27.8 Å². The molecule has 1 aliphatic rings. The van der Waals surface area contributed by atoms with Gasteiger partial charge in [0.05, 0.1) is 26.9 Å². The molecular formula is C35H54N2O3. The molecule has 0 aliphatic carbocycles. The van der Waals surface area contributed by atoms with Gasteiger partial charge in [0.1, 0.15) is 11.5 Å². The molecule has 0 bridgehead atoms. The van der Waals surface area contributed by atoms with E-state index >= 15 is 0 Å². The van der Waals surface area contributed by atoms with Crippen LogP contribution in [0.4, 0.5) is 0 Å². The van der Waals surface area contributed by atoms with E-state index in [4.69, 9.17) is 9.47 Å². The Labute approximate surface area is 244 Å². The van der Waals surface area contributed by atoms with E-state index in [1.165, 1.54) is 33.4 Å². The van der Waals surface area contributed by atoms with Crippen LogP contribution >= 0.6 is 0 Å². The molecule has 1 heterocycles. The summed E-state index contributed by atoms with van der Waals surface area (Å²) in [6, 6.07) is 9.26. The van der Waals surface area contributed by atoms with Crippen molar-refractivity contribution in [3.05, 3.63) is 57.6 Å². The first-order chi connectivity index (χ1) is 18.1. The van der Waals surface area contributed by atoms with Crippen molar-refractivity contribution in [2.45, 2.75) is 117 Å². The fourth-order valence-corrected chi connectivity index (χ4v) is 5.84. The van der Waals surface area contributed by atoms with Crippen LogP contribution in [0.3, 0.4) is 0 Å². The molecule has 0 saturated carbocycles. The van der Waals surface area contributed by atoms with E-state index in [1.54, 1.807) is 14.2 Å². The normalized spacial score (nSPS) is 17.1. The lowest BCUT2D eigenvalue weighted by atomic mass is 9.73. The Bertz CT molecular complexity index is 1100. The van der Waals surface area contributed by atoms with E-state index in [9.17, 15) is 4.79 Å². The third-order valence-electron chi connectivity index (χ3n) is 8.17. The molecule has 0 spiro atoms. The lowest BCUT2D eigenvalue weighted by Crippen LogP contribution is -2.40. The average Bonchev–Trinajstić information content (AvgIpc) is 3.13. The van der Waals surface area contributed by atoms with Crippen LogP contribution in [-0.4, -0.2) is 44.8 Å². The number of carbonyl (C=O) groups is 1. The van der Waals surface area contributed by atoms with Gasteiger partial charge in [0.25, 0.3) is 0 Å². The number of nitrogens with zero attached hydrogens (tertiary/aromatic N) is 1. The van der Waals surface area contributed by atoms with Gasteiger partial charge in [-0.3, -0.25) is 10.1 Å². The van der Waals surface area contributed by atoms with Crippen LogP contribution in [0.5, 0.6) is 11.5 Å². The van der Waals surface area contributed by atoms with Crippen molar-refractivity contribution in [3.63, 3.8) is 0 Å². The highest BCUT2D eigenvalue weighted by Crippen LogP contribution is 2.47. The molecule has 1 atom stereocenters. The molecule has 1 amide bonds. The smallest absolute Gasteiger partial charge is 0.237 e. The van der Waals surface area contributed by atoms with Gasteiger partial charge in [0.15, 0.2) is 0 Å². The maximum atomic E-state index is 12.9. The minimum Gasteiger partial charge on any atom is -0.496 e. The van der Waals surface area contributed by atoms with Crippen LogP contribution < -0.4 is 14.8 Å². The Morgan fingerprint density at radius 2 is 0.975 bits per heavy atom. The van der Waals surface area contributed by atoms with Gasteiger partial charge < -0.3 is 14.4 Å². The molecule has 1 fully saturated rings. The van der Waals surface area contributed by atoms with Crippen molar-refractivity contribution in [2.24, 2.45) is 0 Å². The van der Waals surface area contributed by atoms with E-state index in [1.807, 2.05) is 11.9 Å². The lowest BCUT2D eigenvalue weighted by Gasteiger charge is -2.36. The number of nitrogens with one attached hydrogen (secondary N) is 1. The number of rotatable bonds is 5. The molecule has 2 aromatic rings. The van der Waals surface area contributed by atoms with Crippen LogP contribution in [0.25, 0.3) is 0 Å². The zero-order chi connectivity index (χ0) is 30.6. The summed E-state index contributed by atoms with van der Waals surface area (Å²) >= 11 is 0. The summed E-state index contributed by atoms with van der Waals surface area (Å²) in [5, 5.41) is 3.56. The quantitative estimate of drug-likeness (QED) is 0.421. The highest BCUT2D eigenvalue weighted by atomic mass is 16.5. The number of ether oxygens (including phenoxy) is 2. The summed E-state index contributed by atoms with van der Waals surface area (Å²) in [5.74, 6) is 1.91. The fraction of sp³-hybridized carbons (Fsp3) is 0.629. The number of amides is 1. The van der Waals surface area contributed by atoms with Gasteiger partial charge >= 0.3 is 0 Å². The predicted molar refractivity (Wildman–Crippen MR) is 167 cm³/mol. The van der Waals surface area contributed by atoms with Crippen LogP contribution in [-0.2, 0) is 26.5 Å². The summed E-state index contributed by atoms with van der Waals surface area (Å²) in [6.45, 7) is 27.2. The van der Waals surface area contributed by atoms with Gasteiger partial charge in [-0.05, 0) is 32.8 Å². The summed E-state index contributed by atoms with van der Waals surface area (Å²) in [4.78, 5) is 14.8. The van der Waals surface area contributed by atoms with E-state index in [2.05, 4.69) is 113 Å². The first kappa shape index (κ1) is 32.0. The Morgan fingerprint density at radius 1 is 0.675 bits per heavy atom. The topological polar surface area (TPSA) is 50.8 Å². The highest BCUT2D eigenvalue weighted by Gasteiger charge is 2.39. The molecular weight excluding hydrogens is 496 g/mol. The number of benzene rings is 2. The maximum Gasteiger partial charge on any atom is 0.237 e. The van der Waals surface area contributed by atoms with Crippen LogP contribution in [0.1, 0.15) is 122 Å². The zero-order valence-corrected chi connectivity index (χ0v) is 27.8. The van der Waals surface area contributed by atoms with Crippen molar-refractivity contribution in [1.29, 1.82) is 0 Å². The summed E-state index contributed by atoms with van der Waals surface area (Å²) in [7, 11) is 5.46. The largest absolute Gasteiger partial charge is 0.496 e. The predicted octanol–water partition coefficient (Wildman–Crippen LogP) is 7.41. The molecule has 40 heavy (non-hydrogen) atoms. The molecule has 5 nitrogen and oxygen atoms in total. The number of carbonyl (C=O) groups excluding carboxylic acids is 1. The van der Waals surface area contributed by atoms with E-state index in [0.29, 0.717) is 6.54 Å². The monoisotopic (exact) mass is 550 g/mol. The summed E-state index contributed by atoms with van der Waals surface area (Å²) < 4.78 is 12.2. The van der Waals surface area contributed by atoms with Crippen LogP contribution in [0, 0.1) is 0 Å². The molecule has 0 unspecified atom stereocenters. The van der Waals surface area contributed by atoms with Gasteiger partial charge in [-0.2, -0.15) is 0 Å². The first-order valence-corrected chi connectivity index (χ1v) is 14.6. The minimum atomic E-state index is -0.185. The Kier molecular flexibility index (Phi) is 8.56. The minimum absolute atomic E-state index is 0.0994. The van der Waals surface area contributed by atoms with Gasteiger partial charge in [0.2, 0.25) is 5.91 Å². The van der Waals surface area contributed by atoms with Crippen LogP contribution in [0.2, 0.25) is 0 Å². The number of methoxy groups -OCH3 is 2. The van der Waals surface area contributed by atoms with Crippen LogP contribution in [0.15, 0.2) is 24.3 Å². The Morgan fingerprint density at radius 3 is 1.18 bits per heavy atom. The van der Waals surface area contributed by atoms with E-state index in [-0.39, 0.29) is 39.7 Å². The van der Waals surface area contributed by atoms with Gasteiger partial charge in [0, 0.05) is 35.2 Å². The Hall–Kier alpha value is -2.53. The van der Waals surface area contributed by atoms with Crippen molar-refractivity contribution >= 4 is 5.91 Å². The maximum absolute atomic E-state index is 12.9. The molecule has 1 aliphatic heterocycles. The van der Waals surface area contributed by atoms with Crippen molar-refractivity contribution in [1.82, 2.24) is 10.2 Å². The second-order valence-corrected chi connectivity index (χ2v) is 15.6. The van der Waals surface area contributed by atoms with Gasteiger partial charge in [-0.25, -0.2) is 0 Å². The highest BCUT2D eigenvalue weighted by molar-refractivity contribution is 5.80. The second-order valence-electron chi connectivity index (χ2n) is 15.6. The molecule has 5 heteroatoms. The third-order valence-corrected chi connectivity index (χ3v) is 8.17. The summed E-state index contributed by atoms with van der Waals surface area (Å²) in [5.41, 5.74) is 6.52.